The van der Waals surface area contributed by atoms with Crippen LogP contribution in [-0.2, 0) is 19.3 Å². The van der Waals surface area contributed by atoms with Crippen LogP contribution in [0, 0.1) is 13.8 Å². The van der Waals surface area contributed by atoms with Crippen LogP contribution in [0.15, 0.2) is 42.5 Å². The molecular formula is C28H31ClN6. The van der Waals surface area contributed by atoms with Crippen molar-refractivity contribution in [2.24, 2.45) is 0 Å². The van der Waals surface area contributed by atoms with Crippen LogP contribution >= 0.6 is 11.6 Å². The lowest BCUT2D eigenvalue weighted by molar-refractivity contribution is 0.613. The van der Waals surface area contributed by atoms with E-state index in [0.717, 1.165) is 61.2 Å². The topological polar surface area (TPSA) is 49.6 Å². The third-order valence-electron chi connectivity index (χ3n) is 7.33. The summed E-state index contributed by atoms with van der Waals surface area (Å²) in [6, 6.07) is 14.7. The van der Waals surface area contributed by atoms with E-state index in [1.807, 2.05) is 28.8 Å². The Morgan fingerprint density at radius 3 is 2.37 bits per heavy atom. The lowest BCUT2D eigenvalue weighted by Crippen LogP contribution is -2.48. The molecule has 2 aliphatic rings. The van der Waals surface area contributed by atoms with E-state index >= 15 is 0 Å². The van der Waals surface area contributed by atoms with Crippen LogP contribution in [-0.4, -0.2) is 45.8 Å². The van der Waals surface area contributed by atoms with Crippen molar-refractivity contribution >= 4 is 28.9 Å². The average molecular weight is 487 g/mol. The van der Waals surface area contributed by atoms with Gasteiger partial charge in [-0.15, -0.1) is 5.10 Å². The second-order valence-electron chi connectivity index (χ2n) is 9.87. The Kier molecular flexibility index (Phi) is 5.85. The Labute approximate surface area is 211 Å². The molecule has 0 saturated carbocycles. The Morgan fingerprint density at radius 2 is 1.60 bits per heavy atom. The molecule has 0 amide bonds. The number of nitrogens with zero attached hydrogens (tertiary/aromatic N) is 6. The van der Waals surface area contributed by atoms with E-state index < -0.39 is 0 Å². The summed E-state index contributed by atoms with van der Waals surface area (Å²) in [5.74, 6) is 2.73. The van der Waals surface area contributed by atoms with Crippen molar-refractivity contribution in [1.82, 2.24) is 19.6 Å². The predicted molar refractivity (Wildman–Crippen MR) is 142 cm³/mol. The van der Waals surface area contributed by atoms with Crippen LogP contribution in [0.1, 0.15) is 46.6 Å². The molecule has 4 aromatic rings. The number of fused-ring (bicyclic) bond motifs is 2. The number of hydrogen-bond donors (Lipinski definition) is 0. The van der Waals surface area contributed by atoms with Crippen molar-refractivity contribution in [3.63, 3.8) is 0 Å². The van der Waals surface area contributed by atoms with Gasteiger partial charge in [0.1, 0.15) is 5.82 Å². The van der Waals surface area contributed by atoms with Gasteiger partial charge < -0.3 is 9.80 Å². The highest BCUT2D eigenvalue weighted by atomic mass is 35.5. The molecule has 0 unspecified atom stereocenters. The maximum atomic E-state index is 6.07. The first-order valence-corrected chi connectivity index (χ1v) is 13.0. The van der Waals surface area contributed by atoms with Gasteiger partial charge in [-0.25, -0.2) is 4.98 Å². The van der Waals surface area contributed by atoms with Gasteiger partial charge in [-0.2, -0.15) is 9.50 Å². The van der Waals surface area contributed by atoms with E-state index in [1.54, 1.807) is 0 Å². The Bertz CT molecular complexity index is 1370. The van der Waals surface area contributed by atoms with Crippen LogP contribution < -0.4 is 9.80 Å². The van der Waals surface area contributed by atoms with E-state index in [-0.39, 0.29) is 0 Å². The highest BCUT2D eigenvalue weighted by Gasteiger charge is 2.27. The summed E-state index contributed by atoms with van der Waals surface area (Å²) in [6.45, 7) is 8.29. The van der Waals surface area contributed by atoms with E-state index in [0.29, 0.717) is 6.42 Å². The molecule has 0 atom stereocenters. The molecular weight excluding hydrogens is 456 g/mol. The molecule has 7 heteroatoms. The highest BCUT2D eigenvalue weighted by molar-refractivity contribution is 6.30. The van der Waals surface area contributed by atoms with Crippen LogP contribution in [0.25, 0.3) is 5.78 Å². The van der Waals surface area contributed by atoms with Gasteiger partial charge in [0.15, 0.2) is 5.82 Å². The van der Waals surface area contributed by atoms with Crippen molar-refractivity contribution in [2.45, 2.75) is 46.0 Å². The summed E-state index contributed by atoms with van der Waals surface area (Å²) in [5, 5.41) is 5.71. The Balaban J connectivity index is 1.32. The lowest BCUT2D eigenvalue weighted by atomic mass is 9.96. The molecule has 1 fully saturated rings. The predicted octanol–water partition coefficient (Wildman–Crippen LogP) is 5.19. The van der Waals surface area contributed by atoms with E-state index in [2.05, 4.69) is 41.8 Å². The van der Waals surface area contributed by atoms with Gasteiger partial charge in [0, 0.05) is 48.9 Å². The molecule has 0 bridgehead atoms. The number of halogens is 1. The largest absolute Gasteiger partial charge is 0.368 e. The van der Waals surface area contributed by atoms with Gasteiger partial charge >= 0.3 is 0 Å². The molecule has 1 aliphatic carbocycles. The monoisotopic (exact) mass is 486 g/mol. The van der Waals surface area contributed by atoms with Crippen molar-refractivity contribution < 1.29 is 0 Å². The molecule has 6 nitrogen and oxygen atoms in total. The molecule has 2 aromatic heterocycles. The van der Waals surface area contributed by atoms with Crippen molar-refractivity contribution in [3.05, 3.63) is 81.3 Å². The zero-order valence-electron chi connectivity index (χ0n) is 20.5. The first kappa shape index (κ1) is 22.4. The van der Waals surface area contributed by atoms with Crippen molar-refractivity contribution in [3.8, 4) is 0 Å². The summed E-state index contributed by atoms with van der Waals surface area (Å²) in [7, 11) is 0. The molecule has 0 N–H and O–H groups in total. The van der Waals surface area contributed by atoms with Crippen LogP contribution in [0.4, 0.5) is 11.5 Å². The van der Waals surface area contributed by atoms with E-state index in [4.69, 9.17) is 26.7 Å². The van der Waals surface area contributed by atoms with E-state index in [9.17, 15) is 0 Å². The van der Waals surface area contributed by atoms with Gasteiger partial charge in [-0.05, 0) is 68.9 Å². The Morgan fingerprint density at radius 1 is 0.857 bits per heavy atom. The first-order valence-electron chi connectivity index (χ1n) is 12.6. The summed E-state index contributed by atoms with van der Waals surface area (Å²) in [5.41, 5.74) is 7.75. The minimum atomic E-state index is 0.672. The molecule has 0 spiro atoms. The summed E-state index contributed by atoms with van der Waals surface area (Å²) >= 11 is 6.07. The molecule has 0 radical (unpaired) electrons. The standard InChI is InChI=1S/C28H31ClN6/c1-19-7-12-25(20(2)17-19)33-13-15-34(16-14-33)27-23-5-3-4-6-24(23)30-28-31-26(32-35(27)28)18-21-8-10-22(29)11-9-21/h7-12,17H,3-6,13-16,18H2,1-2H3. The van der Waals surface area contributed by atoms with Crippen LogP contribution in [0.3, 0.4) is 0 Å². The van der Waals surface area contributed by atoms with E-state index in [1.165, 1.54) is 46.7 Å². The van der Waals surface area contributed by atoms with Gasteiger partial charge in [0.05, 0.1) is 5.69 Å². The summed E-state index contributed by atoms with van der Waals surface area (Å²) < 4.78 is 2.02. The van der Waals surface area contributed by atoms with Gasteiger partial charge in [0.2, 0.25) is 0 Å². The molecule has 1 saturated heterocycles. The highest BCUT2D eigenvalue weighted by Crippen LogP contribution is 2.32. The molecule has 180 valence electrons. The molecule has 3 heterocycles. The van der Waals surface area contributed by atoms with Crippen molar-refractivity contribution in [1.29, 1.82) is 0 Å². The van der Waals surface area contributed by atoms with Crippen LogP contribution in [0.2, 0.25) is 5.02 Å². The fraction of sp³-hybridized carbons (Fsp3) is 0.393. The number of piperazine rings is 1. The number of benzene rings is 2. The maximum absolute atomic E-state index is 6.07. The molecule has 35 heavy (non-hydrogen) atoms. The maximum Gasteiger partial charge on any atom is 0.254 e. The van der Waals surface area contributed by atoms with Crippen LogP contribution in [0.5, 0.6) is 0 Å². The van der Waals surface area contributed by atoms with Gasteiger partial charge in [0.25, 0.3) is 5.78 Å². The summed E-state index contributed by atoms with van der Waals surface area (Å²) in [6.07, 6.45) is 5.17. The zero-order chi connectivity index (χ0) is 23.9. The third kappa shape index (κ3) is 4.36. The first-order chi connectivity index (χ1) is 17.0. The average Bonchev–Trinajstić information content (AvgIpc) is 3.26. The minimum Gasteiger partial charge on any atom is -0.368 e. The number of aryl methyl sites for hydroxylation is 3. The quantitative estimate of drug-likeness (QED) is 0.397. The summed E-state index contributed by atoms with van der Waals surface area (Å²) in [4.78, 5) is 14.8. The number of rotatable bonds is 4. The molecule has 6 rings (SSSR count). The van der Waals surface area contributed by atoms with Crippen molar-refractivity contribution in [2.75, 3.05) is 36.0 Å². The fourth-order valence-electron chi connectivity index (χ4n) is 5.57. The lowest BCUT2D eigenvalue weighted by Gasteiger charge is -2.39. The number of anilines is 2. The zero-order valence-corrected chi connectivity index (χ0v) is 21.2. The fourth-order valence-corrected chi connectivity index (χ4v) is 5.69. The SMILES string of the molecule is Cc1ccc(N2CCN(c3c4c(nc5nc(Cc6ccc(Cl)cc6)nn35)CCCC4)CC2)c(C)c1. The smallest absolute Gasteiger partial charge is 0.254 e. The second-order valence-corrected chi connectivity index (χ2v) is 10.3. The minimum absolute atomic E-state index is 0.672. The third-order valence-corrected chi connectivity index (χ3v) is 7.58. The second kappa shape index (κ2) is 9.15. The number of hydrogen-bond acceptors (Lipinski definition) is 5. The molecule has 1 aliphatic heterocycles. The van der Waals surface area contributed by atoms with Gasteiger partial charge in [-0.1, -0.05) is 41.4 Å². The molecule has 2 aromatic carbocycles. The normalized spacial score (nSPS) is 16.1. The van der Waals surface area contributed by atoms with Gasteiger partial charge in [-0.3, -0.25) is 0 Å². The Hall–Kier alpha value is -3.12. The number of aromatic nitrogens is 4.